The fourth-order valence-electron chi connectivity index (χ4n) is 4.32. The van der Waals surface area contributed by atoms with Gasteiger partial charge in [0.2, 0.25) is 0 Å². The number of furan rings is 1. The van der Waals surface area contributed by atoms with E-state index in [-0.39, 0.29) is 12.2 Å². The first kappa shape index (κ1) is 23.8. The van der Waals surface area contributed by atoms with Crippen LogP contribution in [0.2, 0.25) is 0 Å². The largest absolute Gasteiger partial charge is 0.465 e. The maximum absolute atomic E-state index is 13.7. The summed E-state index contributed by atoms with van der Waals surface area (Å²) in [6.07, 6.45) is 3.27. The van der Waals surface area contributed by atoms with E-state index in [2.05, 4.69) is 13.8 Å². The van der Waals surface area contributed by atoms with Gasteiger partial charge in [-0.3, -0.25) is 9.36 Å². The number of esters is 1. The number of fused-ring (bicyclic) bond motifs is 1. The molecule has 1 aliphatic rings. The van der Waals surface area contributed by atoms with Gasteiger partial charge in [0.05, 0.1) is 34.7 Å². The Labute approximate surface area is 212 Å². The Morgan fingerprint density at radius 1 is 1.11 bits per heavy atom. The first-order valence-corrected chi connectivity index (χ1v) is 12.7. The fourth-order valence-corrected chi connectivity index (χ4v) is 5.30. The number of aromatic nitrogens is 1. The standard InChI is InChI=1S/C29H26N2O4S/c1-4-34-28(33)24-25(20-9-6-5-7-10-20)30-29-31(26(24)21-14-12-19(13-15-21)18(2)3)27(32)23(36-29)17-22-11-8-16-35-22/h5-18,26H,4H2,1-3H3/b23-17-/t26-/m1/s1. The summed E-state index contributed by atoms with van der Waals surface area (Å²) < 4.78 is 13.0. The molecule has 0 saturated heterocycles. The minimum Gasteiger partial charge on any atom is -0.465 e. The normalized spacial score (nSPS) is 15.7. The van der Waals surface area contributed by atoms with Crippen LogP contribution in [-0.4, -0.2) is 17.1 Å². The summed E-state index contributed by atoms with van der Waals surface area (Å²) in [6.45, 7) is 6.24. The van der Waals surface area contributed by atoms with Crippen molar-refractivity contribution in [2.24, 2.45) is 4.99 Å². The van der Waals surface area contributed by atoms with E-state index >= 15 is 0 Å². The summed E-state index contributed by atoms with van der Waals surface area (Å²) in [5.41, 5.74) is 3.40. The second-order valence-electron chi connectivity index (χ2n) is 8.77. The number of hydrogen-bond acceptors (Lipinski definition) is 6. The minimum absolute atomic E-state index is 0.215. The molecule has 0 fully saturated rings. The van der Waals surface area contributed by atoms with Gasteiger partial charge in [-0.15, -0.1) is 0 Å². The van der Waals surface area contributed by atoms with Crippen LogP contribution in [0.25, 0.3) is 11.8 Å². The summed E-state index contributed by atoms with van der Waals surface area (Å²) in [5, 5.41) is 0. The number of thiazole rings is 1. The lowest BCUT2D eigenvalue weighted by molar-refractivity contribution is -0.138. The molecule has 1 atom stereocenters. The van der Waals surface area contributed by atoms with E-state index in [0.717, 1.165) is 11.1 Å². The summed E-state index contributed by atoms with van der Waals surface area (Å²) in [7, 11) is 0. The van der Waals surface area contributed by atoms with Crippen molar-refractivity contribution in [2.75, 3.05) is 6.61 Å². The molecule has 36 heavy (non-hydrogen) atoms. The van der Waals surface area contributed by atoms with Gasteiger partial charge in [0.1, 0.15) is 5.76 Å². The van der Waals surface area contributed by atoms with Crippen molar-refractivity contribution in [2.45, 2.75) is 32.7 Å². The molecule has 0 radical (unpaired) electrons. The summed E-state index contributed by atoms with van der Waals surface area (Å²) in [4.78, 5) is 32.5. The molecule has 2 aromatic carbocycles. The Bertz CT molecular complexity index is 1590. The highest BCUT2D eigenvalue weighted by Crippen LogP contribution is 2.35. The number of nitrogens with zero attached hydrogens (tertiary/aromatic N) is 2. The number of carbonyl (C=O) groups excluding carboxylic acids is 1. The Morgan fingerprint density at radius 2 is 1.86 bits per heavy atom. The Kier molecular flexibility index (Phi) is 6.57. The first-order valence-electron chi connectivity index (χ1n) is 11.9. The van der Waals surface area contributed by atoms with Crippen molar-refractivity contribution in [3.05, 3.63) is 121 Å². The number of hydrogen-bond donors (Lipinski definition) is 0. The minimum atomic E-state index is -0.685. The second kappa shape index (κ2) is 9.95. The predicted molar refractivity (Wildman–Crippen MR) is 140 cm³/mol. The van der Waals surface area contributed by atoms with Crippen molar-refractivity contribution in [3.63, 3.8) is 0 Å². The highest BCUT2D eigenvalue weighted by molar-refractivity contribution is 7.07. The Balaban J connectivity index is 1.82. The van der Waals surface area contributed by atoms with Crippen molar-refractivity contribution >= 4 is 29.1 Å². The molecule has 7 heteroatoms. The van der Waals surface area contributed by atoms with Gasteiger partial charge in [-0.05, 0) is 36.1 Å². The lowest BCUT2D eigenvalue weighted by atomic mass is 9.91. The molecule has 6 nitrogen and oxygen atoms in total. The Morgan fingerprint density at radius 3 is 2.50 bits per heavy atom. The maximum Gasteiger partial charge on any atom is 0.338 e. The molecule has 0 spiro atoms. The number of rotatable bonds is 6. The van der Waals surface area contributed by atoms with E-state index < -0.39 is 12.0 Å². The molecule has 5 rings (SSSR count). The molecule has 0 saturated carbocycles. The lowest BCUT2D eigenvalue weighted by Gasteiger charge is -2.26. The van der Waals surface area contributed by atoms with Gasteiger partial charge in [0.15, 0.2) is 4.80 Å². The summed E-state index contributed by atoms with van der Waals surface area (Å²) in [6, 6.07) is 20.5. The molecule has 3 heterocycles. The van der Waals surface area contributed by atoms with Crippen LogP contribution in [0.3, 0.4) is 0 Å². The van der Waals surface area contributed by atoms with Crippen LogP contribution in [0.5, 0.6) is 0 Å². The van der Waals surface area contributed by atoms with Crippen LogP contribution in [0.4, 0.5) is 0 Å². The average Bonchev–Trinajstić information content (AvgIpc) is 3.51. The fraction of sp³-hybridized carbons (Fsp3) is 0.207. The van der Waals surface area contributed by atoms with E-state index in [0.29, 0.717) is 32.3 Å². The van der Waals surface area contributed by atoms with Crippen LogP contribution in [0, 0.1) is 0 Å². The summed E-state index contributed by atoms with van der Waals surface area (Å²) in [5.74, 6) is 0.443. The van der Waals surface area contributed by atoms with Gasteiger partial charge in [0.25, 0.3) is 5.56 Å². The third-order valence-corrected chi connectivity index (χ3v) is 7.09. The third-order valence-electron chi connectivity index (χ3n) is 6.11. The monoisotopic (exact) mass is 498 g/mol. The van der Waals surface area contributed by atoms with Crippen LogP contribution in [0.15, 0.2) is 92.8 Å². The van der Waals surface area contributed by atoms with Gasteiger partial charge in [0, 0.05) is 11.6 Å². The van der Waals surface area contributed by atoms with E-state index in [9.17, 15) is 9.59 Å². The smallest absolute Gasteiger partial charge is 0.338 e. The van der Waals surface area contributed by atoms with E-state index in [4.69, 9.17) is 14.1 Å². The van der Waals surface area contributed by atoms with Gasteiger partial charge in [-0.25, -0.2) is 9.79 Å². The molecule has 0 aliphatic carbocycles. The zero-order chi connectivity index (χ0) is 25.2. The van der Waals surface area contributed by atoms with Crippen molar-refractivity contribution in [1.29, 1.82) is 0 Å². The van der Waals surface area contributed by atoms with Gasteiger partial charge < -0.3 is 9.15 Å². The molecule has 0 amide bonds. The average molecular weight is 499 g/mol. The van der Waals surface area contributed by atoms with E-state index in [1.165, 1.54) is 16.9 Å². The number of carbonyl (C=O) groups is 1. The molecular formula is C29H26N2O4S. The third kappa shape index (κ3) is 4.38. The molecule has 0 bridgehead atoms. The zero-order valence-corrected chi connectivity index (χ0v) is 21.1. The lowest BCUT2D eigenvalue weighted by Crippen LogP contribution is -2.40. The zero-order valence-electron chi connectivity index (χ0n) is 20.3. The molecule has 4 aromatic rings. The number of benzene rings is 2. The SMILES string of the molecule is CCOC(=O)C1=C(c2ccccc2)N=c2s/c(=C\c3ccco3)c(=O)n2[C@@H]1c1ccc(C(C)C)cc1. The van der Waals surface area contributed by atoms with Gasteiger partial charge in [-0.2, -0.15) is 0 Å². The quantitative estimate of drug-likeness (QED) is 0.363. The van der Waals surface area contributed by atoms with Crippen LogP contribution < -0.4 is 14.9 Å². The van der Waals surface area contributed by atoms with Gasteiger partial charge in [-0.1, -0.05) is 79.8 Å². The highest BCUT2D eigenvalue weighted by Gasteiger charge is 2.35. The second-order valence-corrected chi connectivity index (χ2v) is 9.78. The molecule has 2 aromatic heterocycles. The van der Waals surface area contributed by atoms with E-state index in [1.54, 1.807) is 36.0 Å². The highest BCUT2D eigenvalue weighted by atomic mass is 32.1. The van der Waals surface area contributed by atoms with Crippen LogP contribution in [-0.2, 0) is 9.53 Å². The molecule has 182 valence electrons. The Hall–Kier alpha value is -3.97. The predicted octanol–water partition coefficient (Wildman–Crippen LogP) is 4.65. The van der Waals surface area contributed by atoms with Crippen molar-refractivity contribution in [1.82, 2.24) is 4.57 Å². The van der Waals surface area contributed by atoms with Crippen LogP contribution in [0.1, 0.15) is 55.2 Å². The molecule has 1 aliphatic heterocycles. The van der Waals surface area contributed by atoms with Crippen molar-refractivity contribution < 1.29 is 13.9 Å². The molecular weight excluding hydrogens is 472 g/mol. The van der Waals surface area contributed by atoms with Crippen LogP contribution >= 0.6 is 11.3 Å². The maximum atomic E-state index is 13.7. The summed E-state index contributed by atoms with van der Waals surface area (Å²) >= 11 is 1.27. The first-order chi connectivity index (χ1) is 17.5. The van der Waals surface area contributed by atoms with E-state index in [1.807, 2.05) is 54.6 Å². The molecule has 0 N–H and O–H groups in total. The molecule has 0 unspecified atom stereocenters. The van der Waals surface area contributed by atoms with Gasteiger partial charge >= 0.3 is 5.97 Å². The number of ether oxygens (including phenoxy) is 1. The topological polar surface area (TPSA) is 73.8 Å². The van der Waals surface area contributed by atoms with Crippen molar-refractivity contribution in [3.8, 4) is 0 Å².